The molecule has 0 saturated heterocycles. The summed E-state index contributed by atoms with van der Waals surface area (Å²) in [5.41, 5.74) is 2.39. The predicted molar refractivity (Wildman–Crippen MR) is 98.5 cm³/mol. The van der Waals surface area contributed by atoms with Gasteiger partial charge in [0.05, 0.1) is 0 Å². The van der Waals surface area contributed by atoms with Crippen molar-refractivity contribution in [2.45, 2.75) is 53.4 Å². The third-order valence-corrected chi connectivity index (χ3v) is 3.21. The number of ketones is 1. The van der Waals surface area contributed by atoms with E-state index in [2.05, 4.69) is 36.2 Å². The van der Waals surface area contributed by atoms with E-state index in [-0.39, 0.29) is 0 Å². The van der Waals surface area contributed by atoms with Crippen LogP contribution in [0.3, 0.4) is 0 Å². The molecule has 0 unspecified atom stereocenters. The van der Waals surface area contributed by atoms with Crippen molar-refractivity contribution in [1.82, 2.24) is 0 Å². The normalized spacial score (nSPS) is 13.8. The van der Waals surface area contributed by atoms with Gasteiger partial charge in [0.2, 0.25) is 0 Å². The van der Waals surface area contributed by atoms with Crippen LogP contribution in [0.5, 0.6) is 0 Å². The molecule has 0 N–H and O–H groups in total. The summed E-state index contributed by atoms with van der Waals surface area (Å²) in [6.45, 7) is 7.83. The smallest absolute Gasteiger partial charge is 0.132 e. The average molecular weight is 301 g/mol. The van der Waals surface area contributed by atoms with E-state index in [0.29, 0.717) is 11.7 Å². The first-order valence-corrected chi connectivity index (χ1v) is 8.36. The average Bonchev–Trinajstić information content (AvgIpc) is 3.40. The lowest BCUT2D eigenvalue weighted by atomic mass is 10.1. The second-order valence-electron chi connectivity index (χ2n) is 5.09. The third kappa shape index (κ3) is 10.1. The Morgan fingerprint density at radius 2 is 1.82 bits per heavy atom. The lowest BCUT2D eigenvalue weighted by Crippen LogP contribution is -1.91. The third-order valence-electron chi connectivity index (χ3n) is 3.21. The molecule has 0 amide bonds. The van der Waals surface area contributed by atoms with Crippen LogP contribution in [-0.4, -0.2) is 18.5 Å². The van der Waals surface area contributed by atoms with E-state index in [1.165, 1.54) is 5.56 Å². The molecule has 0 spiro atoms. The van der Waals surface area contributed by atoms with Crippen molar-refractivity contribution in [1.29, 1.82) is 0 Å². The Morgan fingerprint density at radius 3 is 2.18 bits per heavy atom. The van der Waals surface area contributed by atoms with Gasteiger partial charge in [-0.15, -0.1) is 0 Å². The highest BCUT2D eigenvalue weighted by Crippen LogP contribution is 2.29. The minimum absolute atomic E-state index is 0.370. The van der Waals surface area contributed by atoms with Gasteiger partial charge in [-0.1, -0.05) is 63.6 Å². The molecule has 1 aliphatic rings. The summed E-state index contributed by atoms with van der Waals surface area (Å²) >= 11 is 0. The highest BCUT2D eigenvalue weighted by molar-refractivity contribution is 5.98. The van der Waals surface area contributed by atoms with Crippen LogP contribution >= 0.6 is 0 Å². The standard InChI is InChI=1S/C13H17N.C5H8O.C2H6/c1-3-7-13(14-2)11-10-12-8-5-4-6-9-12;1-4(6)5-2-3-5;1-2/h4-6,8-11H,3,7H2,1-2H3;5H,2-3H2,1H3;1-2H3/b11-10+,14-13?;;. The van der Waals surface area contributed by atoms with Crippen LogP contribution < -0.4 is 0 Å². The summed E-state index contributed by atoms with van der Waals surface area (Å²) < 4.78 is 0. The van der Waals surface area contributed by atoms with Gasteiger partial charge in [0, 0.05) is 18.7 Å². The summed E-state index contributed by atoms with van der Waals surface area (Å²) in [6.07, 6.45) is 8.70. The van der Waals surface area contributed by atoms with Crippen LogP contribution in [0.25, 0.3) is 6.08 Å². The SMILES string of the molecule is CC.CC(=O)C1CC1.CCCC(/C=C/c1ccccc1)=NC. The van der Waals surface area contributed by atoms with Crippen molar-refractivity contribution in [3.05, 3.63) is 42.0 Å². The van der Waals surface area contributed by atoms with Gasteiger partial charge in [0.1, 0.15) is 5.78 Å². The molecule has 0 radical (unpaired) electrons. The van der Waals surface area contributed by atoms with Crippen LogP contribution in [0.15, 0.2) is 41.4 Å². The molecule has 2 heteroatoms. The number of Topliss-reactive ketones (excluding diaryl/α,β-unsaturated/α-hetero) is 1. The molecular weight excluding hydrogens is 270 g/mol. The minimum Gasteiger partial charge on any atom is -0.300 e. The summed E-state index contributed by atoms with van der Waals surface area (Å²) in [5, 5.41) is 0. The molecule has 0 heterocycles. The molecule has 122 valence electrons. The Labute approximate surface area is 136 Å². The zero-order chi connectivity index (χ0) is 16.8. The number of aliphatic imine (C=N–C) groups is 1. The molecule has 1 aromatic rings. The van der Waals surface area contributed by atoms with Crippen LogP contribution in [0, 0.1) is 5.92 Å². The van der Waals surface area contributed by atoms with Gasteiger partial charge in [0.25, 0.3) is 0 Å². The fourth-order valence-electron chi connectivity index (χ4n) is 1.77. The second-order valence-corrected chi connectivity index (χ2v) is 5.09. The largest absolute Gasteiger partial charge is 0.300 e. The highest BCUT2D eigenvalue weighted by Gasteiger charge is 2.25. The predicted octanol–water partition coefficient (Wildman–Crippen LogP) is 5.58. The topological polar surface area (TPSA) is 29.4 Å². The van der Waals surface area contributed by atoms with Crippen molar-refractivity contribution in [2.75, 3.05) is 7.05 Å². The first-order chi connectivity index (χ1) is 10.7. The van der Waals surface area contributed by atoms with E-state index < -0.39 is 0 Å². The van der Waals surface area contributed by atoms with E-state index in [1.807, 2.05) is 39.1 Å². The molecule has 1 aromatic carbocycles. The van der Waals surface area contributed by atoms with Crippen LogP contribution in [0.1, 0.15) is 58.9 Å². The van der Waals surface area contributed by atoms with E-state index in [1.54, 1.807) is 6.92 Å². The first-order valence-electron chi connectivity index (χ1n) is 8.36. The van der Waals surface area contributed by atoms with Crippen molar-refractivity contribution in [3.63, 3.8) is 0 Å². The van der Waals surface area contributed by atoms with Crippen molar-refractivity contribution >= 4 is 17.6 Å². The fourth-order valence-corrected chi connectivity index (χ4v) is 1.77. The second kappa shape index (κ2) is 13.0. The highest BCUT2D eigenvalue weighted by atomic mass is 16.1. The number of allylic oxidation sites excluding steroid dienone is 1. The van der Waals surface area contributed by atoms with E-state index in [4.69, 9.17) is 0 Å². The molecule has 0 aromatic heterocycles. The fraction of sp³-hybridized carbons (Fsp3) is 0.500. The van der Waals surface area contributed by atoms with Gasteiger partial charge in [0.15, 0.2) is 0 Å². The van der Waals surface area contributed by atoms with Gasteiger partial charge in [-0.25, -0.2) is 0 Å². The van der Waals surface area contributed by atoms with Crippen molar-refractivity contribution in [3.8, 4) is 0 Å². The monoisotopic (exact) mass is 301 g/mol. The molecular formula is C20H31NO. The Balaban J connectivity index is 0.000000457. The molecule has 0 atom stereocenters. The summed E-state index contributed by atoms with van der Waals surface area (Å²) in [7, 11) is 1.85. The molecule has 1 saturated carbocycles. The maximum absolute atomic E-state index is 10.2. The van der Waals surface area contributed by atoms with E-state index in [9.17, 15) is 4.79 Å². The number of carbonyl (C=O) groups excluding carboxylic acids is 1. The number of carbonyl (C=O) groups is 1. The van der Waals surface area contributed by atoms with Crippen molar-refractivity contribution < 1.29 is 4.79 Å². The minimum atomic E-state index is 0.370. The van der Waals surface area contributed by atoms with Gasteiger partial charge < -0.3 is 0 Å². The molecule has 2 nitrogen and oxygen atoms in total. The summed E-state index contributed by atoms with van der Waals surface area (Å²) in [4.78, 5) is 14.4. The first kappa shape index (κ1) is 20.3. The van der Waals surface area contributed by atoms with Gasteiger partial charge in [-0.2, -0.15) is 0 Å². The van der Waals surface area contributed by atoms with E-state index >= 15 is 0 Å². The number of benzene rings is 1. The molecule has 0 aliphatic heterocycles. The lowest BCUT2D eigenvalue weighted by Gasteiger charge is -1.96. The Morgan fingerprint density at radius 1 is 1.23 bits per heavy atom. The molecule has 2 rings (SSSR count). The van der Waals surface area contributed by atoms with Crippen LogP contribution in [0.2, 0.25) is 0 Å². The Kier molecular flexibility index (Phi) is 12.0. The van der Waals surface area contributed by atoms with Gasteiger partial charge in [-0.3, -0.25) is 9.79 Å². The zero-order valence-electron chi connectivity index (χ0n) is 14.8. The molecule has 1 aliphatic carbocycles. The number of nitrogens with zero attached hydrogens (tertiary/aromatic N) is 1. The molecule has 22 heavy (non-hydrogen) atoms. The van der Waals surface area contributed by atoms with Crippen LogP contribution in [-0.2, 0) is 4.79 Å². The Bertz CT molecular complexity index is 456. The van der Waals surface area contributed by atoms with E-state index in [0.717, 1.165) is 31.4 Å². The quantitative estimate of drug-likeness (QED) is 0.652. The molecule has 1 fully saturated rings. The maximum Gasteiger partial charge on any atom is 0.132 e. The Hall–Kier alpha value is -1.70. The lowest BCUT2D eigenvalue weighted by molar-refractivity contribution is -0.118. The zero-order valence-corrected chi connectivity index (χ0v) is 14.8. The van der Waals surface area contributed by atoms with Gasteiger partial charge in [-0.05, 0) is 37.8 Å². The number of rotatable bonds is 5. The maximum atomic E-state index is 10.2. The van der Waals surface area contributed by atoms with Crippen molar-refractivity contribution in [2.24, 2.45) is 10.9 Å². The molecule has 0 bridgehead atoms. The summed E-state index contributed by atoms with van der Waals surface area (Å²) in [6, 6.07) is 10.3. The number of hydrogen-bond donors (Lipinski definition) is 0. The van der Waals surface area contributed by atoms with Crippen LogP contribution in [0.4, 0.5) is 0 Å². The van der Waals surface area contributed by atoms with Gasteiger partial charge >= 0.3 is 0 Å². The number of hydrogen-bond acceptors (Lipinski definition) is 2. The summed E-state index contributed by atoms with van der Waals surface area (Å²) in [5.74, 6) is 0.833.